The number of ether oxygens (including phenoxy) is 1. The van der Waals surface area contributed by atoms with E-state index in [1.165, 1.54) is 0 Å². The predicted molar refractivity (Wildman–Crippen MR) is 111 cm³/mol. The first-order chi connectivity index (χ1) is 14.1. The second-order valence-electron chi connectivity index (χ2n) is 6.14. The van der Waals surface area contributed by atoms with Gasteiger partial charge in [0.25, 0.3) is 0 Å². The number of aliphatic carboxylic acids is 1. The number of rotatable bonds is 8. The lowest BCUT2D eigenvalue weighted by Crippen LogP contribution is -2.03. The first-order valence-electron chi connectivity index (χ1n) is 9.08. The van der Waals surface area contributed by atoms with Crippen molar-refractivity contribution < 1.29 is 19.7 Å². The zero-order chi connectivity index (χ0) is 21.1. The van der Waals surface area contributed by atoms with E-state index in [1.807, 2.05) is 60.7 Å². The molecule has 0 saturated heterocycles. The molecule has 0 unspecified atom stereocenters. The molecule has 3 aromatic rings. The number of nitrogens with one attached hydrogen (secondary N) is 1. The molecule has 0 aliphatic heterocycles. The lowest BCUT2D eigenvalue weighted by atomic mass is 10.0. The van der Waals surface area contributed by atoms with Gasteiger partial charge in [-0.15, -0.1) is 0 Å². The molecule has 0 aliphatic rings. The molecule has 3 rings (SSSR count). The highest BCUT2D eigenvalue weighted by Gasteiger charge is 2.06. The van der Waals surface area contributed by atoms with Crippen molar-refractivity contribution in [2.45, 2.75) is 19.4 Å². The number of hydrogen-bond acceptors (Lipinski definition) is 5. The fourth-order valence-corrected chi connectivity index (χ4v) is 2.66. The van der Waals surface area contributed by atoms with Crippen LogP contribution in [0.4, 0.5) is 0 Å². The van der Waals surface area contributed by atoms with Crippen molar-refractivity contribution >= 4 is 11.7 Å². The third kappa shape index (κ3) is 6.86. The fourth-order valence-electron chi connectivity index (χ4n) is 2.66. The van der Waals surface area contributed by atoms with Gasteiger partial charge in [-0.1, -0.05) is 30.3 Å². The third-order valence-electron chi connectivity index (χ3n) is 4.12. The van der Waals surface area contributed by atoms with Gasteiger partial charge >= 0.3 is 5.97 Å². The molecule has 1 heterocycles. The monoisotopic (exact) mass is 392 g/mol. The third-order valence-corrected chi connectivity index (χ3v) is 4.12. The Kier molecular flexibility index (Phi) is 8.53. The lowest BCUT2D eigenvalue weighted by Gasteiger charge is -2.09. The number of aliphatic hydroxyl groups is 1. The summed E-state index contributed by atoms with van der Waals surface area (Å²) in [6.45, 7) is 0.392. The predicted octanol–water partition coefficient (Wildman–Crippen LogP) is 3.70. The maximum absolute atomic E-state index is 10.6. The van der Waals surface area contributed by atoms with Crippen LogP contribution in [0.5, 0.6) is 5.75 Å². The number of aromatic nitrogens is 1. The molecule has 0 bridgehead atoms. The molecule has 3 N–H and O–H groups in total. The Bertz CT molecular complexity index is 925. The van der Waals surface area contributed by atoms with E-state index in [0.29, 0.717) is 18.7 Å². The van der Waals surface area contributed by atoms with Crippen molar-refractivity contribution in [1.82, 2.24) is 4.98 Å². The van der Waals surface area contributed by atoms with Gasteiger partial charge in [0.2, 0.25) is 0 Å². The molecule has 0 atom stereocenters. The smallest absolute Gasteiger partial charge is 0.303 e. The van der Waals surface area contributed by atoms with Crippen LogP contribution in [0.15, 0.2) is 73.1 Å². The van der Waals surface area contributed by atoms with Crippen LogP contribution in [-0.2, 0) is 17.8 Å². The van der Waals surface area contributed by atoms with Crippen molar-refractivity contribution in [3.63, 3.8) is 0 Å². The molecule has 0 aliphatic carbocycles. The maximum Gasteiger partial charge on any atom is 0.303 e. The molecule has 0 saturated carbocycles. The van der Waals surface area contributed by atoms with Crippen LogP contribution < -0.4 is 4.74 Å². The van der Waals surface area contributed by atoms with Crippen molar-refractivity contribution in [1.29, 1.82) is 5.41 Å². The van der Waals surface area contributed by atoms with Gasteiger partial charge < -0.3 is 14.9 Å². The van der Waals surface area contributed by atoms with Gasteiger partial charge in [-0.2, -0.15) is 0 Å². The van der Waals surface area contributed by atoms with E-state index in [9.17, 15) is 4.79 Å². The number of benzene rings is 2. The molecule has 150 valence electrons. The molecule has 0 fully saturated rings. The summed E-state index contributed by atoms with van der Waals surface area (Å²) in [7, 11) is 1.00. The molecule has 2 aromatic carbocycles. The number of nitrogens with zero attached hydrogens (tertiary/aromatic N) is 1. The van der Waals surface area contributed by atoms with Crippen LogP contribution in [0.25, 0.3) is 0 Å². The second-order valence-corrected chi connectivity index (χ2v) is 6.14. The Morgan fingerprint density at radius 2 is 1.72 bits per heavy atom. The number of aryl methyl sites for hydroxylation is 1. The van der Waals surface area contributed by atoms with E-state index < -0.39 is 5.97 Å². The summed E-state index contributed by atoms with van der Waals surface area (Å²) in [6, 6.07) is 18.8. The minimum atomic E-state index is -0.799. The van der Waals surface area contributed by atoms with Crippen molar-refractivity contribution in [2.75, 3.05) is 7.11 Å². The molecular weight excluding hydrogens is 368 g/mol. The lowest BCUT2D eigenvalue weighted by molar-refractivity contribution is -0.136. The Morgan fingerprint density at radius 1 is 1.00 bits per heavy atom. The van der Waals surface area contributed by atoms with Crippen LogP contribution in [0.2, 0.25) is 0 Å². The van der Waals surface area contributed by atoms with Gasteiger partial charge in [-0.25, -0.2) is 0 Å². The van der Waals surface area contributed by atoms with Crippen LogP contribution in [-0.4, -0.2) is 34.0 Å². The Labute approximate surface area is 170 Å². The van der Waals surface area contributed by atoms with Gasteiger partial charge in [-0.05, 0) is 47.9 Å². The molecular formula is C23H24N2O4. The maximum atomic E-state index is 10.6. The van der Waals surface area contributed by atoms with E-state index >= 15 is 0 Å². The molecule has 6 nitrogen and oxygen atoms in total. The van der Waals surface area contributed by atoms with Crippen LogP contribution in [0.1, 0.15) is 28.7 Å². The summed E-state index contributed by atoms with van der Waals surface area (Å²) in [5.41, 5.74) is 3.95. The largest absolute Gasteiger partial charge is 0.489 e. The first kappa shape index (κ1) is 21.8. The highest BCUT2D eigenvalue weighted by atomic mass is 16.5. The van der Waals surface area contributed by atoms with Crippen molar-refractivity contribution in [2.24, 2.45) is 0 Å². The first-order valence-corrected chi connectivity index (χ1v) is 9.08. The quantitative estimate of drug-likeness (QED) is 0.507. The van der Waals surface area contributed by atoms with E-state index in [-0.39, 0.29) is 6.42 Å². The van der Waals surface area contributed by atoms with E-state index in [1.54, 1.807) is 12.4 Å². The van der Waals surface area contributed by atoms with Gasteiger partial charge in [0.15, 0.2) is 0 Å². The van der Waals surface area contributed by atoms with E-state index in [4.69, 9.17) is 20.4 Å². The normalized spacial score (nSPS) is 9.86. The van der Waals surface area contributed by atoms with E-state index in [2.05, 4.69) is 4.98 Å². The zero-order valence-electron chi connectivity index (χ0n) is 16.2. The Hall–Kier alpha value is -3.51. The topological polar surface area (TPSA) is 104 Å². The van der Waals surface area contributed by atoms with E-state index in [0.717, 1.165) is 35.1 Å². The Balaban J connectivity index is 0.00000145. The molecule has 0 radical (unpaired) electrons. The summed E-state index contributed by atoms with van der Waals surface area (Å²) in [6.07, 6.45) is 4.00. The fraction of sp³-hybridized carbons (Fsp3) is 0.174. The zero-order valence-corrected chi connectivity index (χ0v) is 16.2. The minimum absolute atomic E-state index is 0.121. The van der Waals surface area contributed by atoms with Crippen LogP contribution >= 0.6 is 0 Å². The number of aliphatic hydroxyl groups excluding tert-OH is 1. The number of carbonyl (C=O) groups is 1. The Morgan fingerprint density at radius 3 is 2.38 bits per heavy atom. The van der Waals surface area contributed by atoms with Gasteiger partial charge in [0.1, 0.15) is 12.4 Å². The number of hydrogen-bond donors (Lipinski definition) is 3. The van der Waals surface area contributed by atoms with Crippen LogP contribution in [0, 0.1) is 5.41 Å². The highest BCUT2D eigenvalue weighted by Crippen LogP contribution is 2.17. The van der Waals surface area contributed by atoms with Gasteiger partial charge in [0, 0.05) is 37.1 Å². The molecule has 29 heavy (non-hydrogen) atoms. The highest BCUT2D eigenvalue weighted by molar-refractivity contribution is 6.10. The number of carboxylic acid groups (broad SMARTS) is 1. The number of carboxylic acids is 1. The summed E-state index contributed by atoms with van der Waals surface area (Å²) in [4.78, 5) is 14.7. The SMILES string of the molecule is CO.N=C(c1cccnc1)c1cccc(COc2ccc(CCC(=O)O)cc2)c1. The minimum Gasteiger partial charge on any atom is -0.489 e. The summed E-state index contributed by atoms with van der Waals surface area (Å²) < 4.78 is 5.81. The van der Waals surface area contributed by atoms with Gasteiger partial charge in [0.05, 0.1) is 5.71 Å². The second kappa shape index (κ2) is 11.4. The van der Waals surface area contributed by atoms with Crippen molar-refractivity contribution in [3.8, 4) is 5.75 Å². The molecule has 6 heteroatoms. The van der Waals surface area contributed by atoms with Crippen molar-refractivity contribution in [3.05, 3.63) is 95.3 Å². The summed E-state index contributed by atoms with van der Waals surface area (Å²) in [5, 5.41) is 24.1. The van der Waals surface area contributed by atoms with Gasteiger partial charge in [-0.3, -0.25) is 15.2 Å². The average Bonchev–Trinajstić information content (AvgIpc) is 2.78. The standard InChI is InChI=1S/C22H20N2O3.CH4O/c23-22(19-5-2-12-24-14-19)18-4-1-3-17(13-18)15-27-20-9-6-16(7-10-20)8-11-21(25)26;1-2/h1-7,9-10,12-14,23H,8,11,15H2,(H,25,26);2H,1H3. The number of pyridine rings is 1. The summed E-state index contributed by atoms with van der Waals surface area (Å²) in [5.74, 6) is -0.0751. The average molecular weight is 392 g/mol. The molecule has 0 amide bonds. The molecule has 1 aromatic heterocycles. The van der Waals surface area contributed by atoms with Crippen LogP contribution in [0.3, 0.4) is 0 Å². The molecule has 0 spiro atoms. The summed E-state index contributed by atoms with van der Waals surface area (Å²) >= 11 is 0.